The molecular weight excluding hydrogens is 751 g/mol. The molecule has 55 heavy (non-hydrogen) atoms. The highest BCUT2D eigenvalue weighted by Gasteiger charge is 2.41. The van der Waals surface area contributed by atoms with Crippen LogP contribution in [-0.2, 0) is 19.2 Å². The van der Waals surface area contributed by atoms with E-state index in [-0.39, 0.29) is 30.0 Å². The Bertz CT molecular complexity index is 1890. The number of hydrogen-bond acceptors (Lipinski definition) is 15. The molecule has 2 aliphatic rings. The Balaban J connectivity index is 0.000000296. The number of thioether (sulfide) groups is 2. The van der Waals surface area contributed by atoms with Crippen LogP contribution in [0.15, 0.2) is 65.3 Å². The van der Waals surface area contributed by atoms with Crippen LogP contribution >= 0.6 is 23.5 Å². The summed E-state index contributed by atoms with van der Waals surface area (Å²) in [6.45, 7) is 14.9. The van der Waals surface area contributed by atoms with E-state index in [0.717, 1.165) is 12.8 Å². The Morgan fingerprint density at radius 1 is 0.836 bits per heavy atom. The van der Waals surface area contributed by atoms with Gasteiger partial charge in [-0.3, -0.25) is 29.2 Å². The van der Waals surface area contributed by atoms with E-state index < -0.39 is 34.4 Å². The topological polar surface area (TPSA) is 222 Å². The minimum atomic E-state index is -1.03. The van der Waals surface area contributed by atoms with Gasteiger partial charge in [0.15, 0.2) is 11.6 Å². The van der Waals surface area contributed by atoms with Gasteiger partial charge in [-0.05, 0) is 39.7 Å². The van der Waals surface area contributed by atoms with Gasteiger partial charge in [0.1, 0.15) is 50.8 Å². The standard InChI is InChI=1S/C19H27N3O5S.C19H24N2O5S/c1-4-6-14(15-9-13(10-16(24)27-15)26-8-5-7-20)21-18(25)19(3)11-28-17(22-19)12(2)23;1-5-7-14(15-9-13(25-8-6-2)10-16(23)26-15)20-18(24)19(4)11-27-17(21-19)12(3)22/h9-10,14H,4-8,11,20H2,1-3H3,(H,21,25);6,9-10,14H,2,5,7-8,11H2,1,3-4H3,(H,20,24)/t2*14-,19+/m11/s1. The third-order valence-electron chi connectivity index (χ3n) is 8.22. The van der Waals surface area contributed by atoms with Gasteiger partial charge >= 0.3 is 11.3 Å². The molecule has 4 heterocycles. The molecule has 0 aromatic carbocycles. The molecule has 0 bridgehead atoms. The zero-order chi connectivity index (χ0) is 40.8. The van der Waals surface area contributed by atoms with E-state index in [1.807, 2.05) is 13.8 Å². The number of nitrogens with zero attached hydrogens (tertiary/aromatic N) is 2. The lowest BCUT2D eigenvalue weighted by molar-refractivity contribution is -0.126. The molecule has 0 unspecified atom stereocenters. The lowest BCUT2D eigenvalue weighted by atomic mass is 10.0. The van der Waals surface area contributed by atoms with Gasteiger partial charge in [0, 0.05) is 37.5 Å². The zero-order valence-corrected chi connectivity index (χ0v) is 33.8. The molecular formula is C38H51N5O10S2. The number of ketones is 2. The fourth-order valence-corrected chi connectivity index (χ4v) is 7.41. The first kappa shape index (κ1) is 44.9. The highest BCUT2D eigenvalue weighted by Crippen LogP contribution is 2.32. The molecule has 0 aliphatic carbocycles. The summed E-state index contributed by atoms with van der Waals surface area (Å²) in [7, 11) is 0. The molecule has 4 rings (SSSR count). The number of aliphatic imine (C=N–C) groups is 2. The fraction of sp³-hybridized carbons (Fsp3) is 0.526. The predicted octanol–water partition coefficient (Wildman–Crippen LogP) is 4.47. The molecule has 0 spiro atoms. The molecule has 15 nitrogen and oxygen atoms in total. The van der Waals surface area contributed by atoms with Crippen LogP contribution in [0, 0.1) is 0 Å². The van der Waals surface area contributed by atoms with Gasteiger partial charge in [-0.1, -0.05) is 39.3 Å². The average molecular weight is 802 g/mol. The first-order valence-corrected chi connectivity index (χ1v) is 20.0. The summed E-state index contributed by atoms with van der Waals surface area (Å²) in [6, 6.07) is 4.73. The molecule has 0 saturated heterocycles. The number of hydrogen-bond donors (Lipinski definition) is 3. The molecule has 17 heteroatoms. The van der Waals surface area contributed by atoms with Crippen molar-refractivity contribution in [3.05, 3.63) is 69.3 Å². The molecule has 2 aromatic heterocycles. The molecule has 2 amide bonds. The zero-order valence-electron chi connectivity index (χ0n) is 32.2. The number of amides is 2. The van der Waals surface area contributed by atoms with Gasteiger partial charge in [-0.15, -0.1) is 23.5 Å². The van der Waals surface area contributed by atoms with Crippen molar-refractivity contribution >= 4 is 57.0 Å². The van der Waals surface area contributed by atoms with Crippen molar-refractivity contribution in [2.45, 2.75) is 96.8 Å². The summed E-state index contributed by atoms with van der Waals surface area (Å²) in [6.07, 6.45) is 4.92. The highest BCUT2D eigenvalue weighted by atomic mass is 32.2. The fourth-order valence-electron chi connectivity index (χ4n) is 5.25. The number of rotatable bonds is 19. The minimum absolute atomic E-state index is 0.153. The number of nitrogens with one attached hydrogen (secondary N) is 2. The quantitative estimate of drug-likeness (QED) is 0.132. The van der Waals surface area contributed by atoms with Crippen LogP contribution in [0.25, 0.3) is 0 Å². The van der Waals surface area contributed by atoms with Crippen molar-refractivity contribution < 1.29 is 37.5 Å². The monoisotopic (exact) mass is 801 g/mol. The lowest BCUT2D eigenvalue weighted by Gasteiger charge is -2.24. The number of carbonyl (C=O) groups is 4. The molecule has 300 valence electrons. The van der Waals surface area contributed by atoms with E-state index in [1.165, 1.54) is 49.5 Å². The second-order valence-electron chi connectivity index (χ2n) is 13.3. The van der Waals surface area contributed by atoms with Gasteiger partial charge in [0.05, 0.1) is 30.8 Å². The molecule has 4 N–H and O–H groups in total. The van der Waals surface area contributed by atoms with Crippen LogP contribution in [0.5, 0.6) is 11.5 Å². The van der Waals surface area contributed by atoms with Gasteiger partial charge in [-0.25, -0.2) is 9.59 Å². The first-order valence-electron chi connectivity index (χ1n) is 18.0. The highest BCUT2D eigenvalue weighted by molar-refractivity contribution is 8.16. The van der Waals surface area contributed by atoms with Crippen LogP contribution in [0.2, 0.25) is 0 Å². The molecule has 2 aromatic rings. The number of carbonyl (C=O) groups excluding carboxylic acids is 4. The maximum Gasteiger partial charge on any atom is 0.339 e. The molecule has 4 atom stereocenters. The van der Waals surface area contributed by atoms with Crippen LogP contribution in [0.1, 0.15) is 97.3 Å². The average Bonchev–Trinajstić information content (AvgIpc) is 3.75. The SMILES string of the molecule is C=CCOc1cc([C@@H](CCC)NC(=O)[C@]2(C)CSC(C(C)=O)=N2)oc(=O)c1.CCC[C@@H](NC(=O)[C@]1(C)CSC(C(C)=O)=N1)c1cc(OCCCN)cc(=O)o1. The van der Waals surface area contributed by atoms with E-state index in [2.05, 4.69) is 27.2 Å². The van der Waals surface area contributed by atoms with E-state index >= 15 is 0 Å². The van der Waals surface area contributed by atoms with Crippen LogP contribution in [0.3, 0.4) is 0 Å². The van der Waals surface area contributed by atoms with Crippen molar-refractivity contribution in [2.75, 3.05) is 31.3 Å². The maximum atomic E-state index is 12.9. The summed E-state index contributed by atoms with van der Waals surface area (Å²) in [5.41, 5.74) is 2.29. The first-order chi connectivity index (χ1) is 26.1. The Morgan fingerprint density at radius 3 is 1.64 bits per heavy atom. The smallest absolute Gasteiger partial charge is 0.339 e. The third-order valence-corrected chi connectivity index (χ3v) is 10.9. The summed E-state index contributed by atoms with van der Waals surface area (Å²) >= 11 is 2.55. The predicted molar refractivity (Wildman–Crippen MR) is 214 cm³/mol. The van der Waals surface area contributed by atoms with Gasteiger partial charge < -0.3 is 34.7 Å². The van der Waals surface area contributed by atoms with Crippen LogP contribution < -0.4 is 37.1 Å². The van der Waals surface area contributed by atoms with Gasteiger partial charge in [-0.2, -0.15) is 0 Å². The van der Waals surface area contributed by atoms with E-state index in [0.29, 0.717) is 77.0 Å². The van der Waals surface area contributed by atoms with E-state index in [4.69, 9.17) is 24.0 Å². The second kappa shape index (κ2) is 21.0. The largest absolute Gasteiger partial charge is 0.493 e. The van der Waals surface area contributed by atoms with E-state index in [9.17, 15) is 28.8 Å². The summed E-state index contributed by atoms with van der Waals surface area (Å²) in [5.74, 6) is 1.23. The van der Waals surface area contributed by atoms with Crippen molar-refractivity contribution in [3.63, 3.8) is 0 Å². The second-order valence-corrected chi connectivity index (χ2v) is 15.2. The normalized spacial score (nSPS) is 19.8. The van der Waals surface area contributed by atoms with Crippen molar-refractivity contribution in [3.8, 4) is 11.5 Å². The van der Waals surface area contributed by atoms with Crippen LogP contribution in [-0.4, -0.2) is 75.8 Å². The Kier molecular flexibility index (Phi) is 17.1. The maximum absolute atomic E-state index is 12.9. The summed E-state index contributed by atoms with van der Waals surface area (Å²) < 4.78 is 21.6. The van der Waals surface area contributed by atoms with Gasteiger partial charge in [0.2, 0.25) is 11.8 Å². The third kappa shape index (κ3) is 13.1. The van der Waals surface area contributed by atoms with Crippen LogP contribution in [0.4, 0.5) is 0 Å². The van der Waals surface area contributed by atoms with Crippen molar-refractivity contribution in [2.24, 2.45) is 15.7 Å². The molecule has 2 aliphatic heterocycles. The number of Topliss-reactive ketones (excluding diaryl/α,β-unsaturated/α-hetero) is 2. The molecule has 0 saturated carbocycles. The molecule has 0 fully saturated rings. The van der Waals surface area contributed by atoms with Crippen molar-refractivity contribution in [1.82, 2.24) is 10.6 Å². The Labute approximate surface area is 328 Å². The van der Waals surface area contributed by atoms with Crippen molar-refractivity contribution in [1.29, 1.82) is 0 Å². The van der Waals surface area contributed by atoms with Gasteiger partial charge in [0.25, 0.3) is 0 Å². The van der Waals surface area contributed by atoms with E-state index in [1.54, 1.807) is 32.1 Å². The summed E-state index contributed by atoms with van der Waals surface area (Å²) in [5, 5.41) is 6.53. The Morgan fingerprint density at radius 2 is 1.27 bits per heavy atom. The number of ether oxygens (including phenoxy) is 2. The Hall–Kier alpha value is -4.48. The minimum Gasteiger partial charge on any atom is -0.493 e. The number of nitrogens with two attached hydrogens (primary N) is 1. The molecule has 0 radical (unpaired) electrons. The lowest BCUT2D eigenvalue weighted by Crippen LogP contribution is -2.45. The summed E-state index contributed by atoms with van der Waals surface area (Å²) in [4.78, 5) is 81.1.